The number of halogens is 1. The van der Waals surface area contributed by atoms with Gasteiger partial charge < -0.3 is 9.47 Å². The van der Waals surface area contributed by atoms with Crippen LogP contribution in [0.3, 0.4) is 0 Å². The van der Waals surface area contributed by atoms with E-state index in [2.05, 4.69) is 59.5 Å². The minimum Gasteiger partial charge on any atom is -0.497 e. The lowest BCUT2D eigenvalue weighted by Crippen LogP contribution is -2.25. The van der Waals surface area contributed by atoms with E-state index in [0.717, 1.165) is 43.3 Å². The highest BCUT2D eigenvalue weighted by atomic mass is 35.5. The third-order valence-corrected chi connectivity index (χ3v) is 6.48. The minimum atomic E-state index is 0. The monoisotopic (exact) mass is 458 g/mol. The highest BCUT2D eigenvalue weighted by Gasteiger charge is 2.38. The fourth-order valence-electron chi connectivity index (χ4n) is 4.75. The maximum absolute atomic E-state index is 9.26. The Morgan fingerprint density at radius 1 is 1.00 bits per heavy atom. The van der Waals surface area contributed by atoms with Gasteiger partial charge in [-0.3, -0.25) is 4.90 Å². The Labute approximate surface area is 201 Å². The van der Waals surface area contributed by atoms with Crippen LogP contribution in [0.1, 0.15) is 33.7 Å². The molecule has 168 valence electrons. The quantitative estimate of drug-likeness (QED) is 0.455. The van der Waals surface area contributed by atoms with Crippen LogP contribution in [0.5, 0.6) is 11.5 Å². The fourth-order valence-corrected chi connectivity index (χ4v) is 4.75. The molecule has 2 aliphatic rings. The molecule has 0 radical (unpaired) electrons. The number of fused-ring (bicyclic) bond motifs is 3. The topological polar surface area (TPSA) is 45.5 Å². The van der Waals surface area contributed by atoms with Crippen LogP contribution in [0.15, 0.2) is 66.7 Å². The molecule has 0 N–H and O–H groups in total. The zero-order valence-corrected chi connectivity index (χ0v) is 19.4. The molecule has 3 aromatic rings. The van der Waals surface area contributed by atoms with E-state index in [-0.39, 0.29) is 12.4 Å². The van der Waals surface area contributed by atoms with Crippen molar-refractivity contribution in [3.05, 3.63) is 94.5 Å². The number of hydrogen-bond donors (Lipinski definition) is 0. The standard InChI is InChI=1S/C28H26N2O2.ClH/c1-31-25-11-8-21(9-12-25)3-2-20-4-6-22(7-5-20)16-30-17-24-19-32-28-13-10-23(15-29)14-26(28)27(24)18-30;/h2-14,24,27H,16-19H2,1H3;1H/b3-2+;/t24-,27+;/m1./s1. The van der Waals surface area contributed by atoms with E-state index in [9.17, 15) is 5.26 Å². The van der Waals surface area contributed by atoms with Crippen LogP contribution >= 0.6 is 12.4 Å². The number of hydrogen-bond acceptors (Lipinski definition) is 4. The van der Waals surface area contributed by atoms with Gasteiger partial charge in [-0.05, 0) is 47.0 Å². The lowest BCUT2D eigenvalue weighted by molar-refractivity contribution is 0.212. The van der Waals surface area contributed by atoms with Gasteiger partial charge >= 0.3 is 0 Å². The van der Waals surface area contributed by atoms with Crippen LogP contribution in [-0.4, -0.2) is 31.7 Å². The average molecular weight is 459 g/mol. The van der Waals surface area contributed by atoms with E-state index in [0.29, 0.717) is 17.4 Å². The Bertz CT molecular complexity index is 1170. The largest absolute Gasteiger partial charge is 0.497 e. The molecule has 0 bridgehead atoms. The number of methoxy groups -OCH3 is 1. The first-order valence-electron chi connectivity index (χ1n) is 11.0. The molecular formula is C28H27ClN2O2. The molecule has 2 atom stereocenters. The molecule has 0 amide bonds. The van der Waals surface area contributed by atoms with Crippen LogP contribution in [0.2, 0.25) is 0 Å². The molecule has 3 aromatic carbocycles. The van der Waals surface area contributed by atoms with Crippen LogP contribution in [0.25, 0.3) is 12.2 Å². The van der Waals surface area contributed by atoms with E-state index < -0.39 is 0 Å². The highest BCUT2D eigenvalue weighted by molar-refractivity contribution is 5.85. The summed E-state index contributed by atoms with van der Waals surface area (Å²) in [5.41, 5.74) is 5.56. The average Bonchev–Trinajstić information content (AvgIpc) is 3.26. The van der Waals surface area contributed by atoms with Gasteiger partial charge in [0.15, 0.2) is 0 Å². The van der Waals surface area contributed by atoms with Gasteiger partial charge in [0.25, 0.3) is 0 Å². The molecule has 1 fully saturated rings. The predicted octanol–water partition coefficient (Wildman–Crippen LogP) is 5.77. The number of nitrogens with zero attached hydrogens (tertiary/aromatic N) is 2. The maximum Gasteiger partial charge on any atom is 0.122 e. The Hall–Kier alpha value is -3.26. The zero-order chi connectivity index (χ0) is 21.9. The van der Waals surface area contributed by atoms with Crippen molar-refractivity contribution in [2.75, 3.05) is 26.8 Å². The SMILES string of the molecule is COc1ccc(/C=C/c2ccc(CN3C[C@@H]4COc5ccc(C#N)cc5[C@H]4C3)cc2)cc1.Cl. The van der Waals surface area contributed by atoms with Gasteiger partial charge in [0.1, 0.15) is 11.5 Å². The summed E-state index contributed by atoms with van der Waals surface area (Å²) in [4.78, 5) is 2.51. The summed E-state index contributed by atoms with van der Waals surface area (Å²) in [5, 5.41) is 9.26. The predicted molar refractivity (Wildman–Crippen MR) is 134 cm³/mol. The molecule has 0 aliphatic carbocycles. The van der Waals surface area contributed by atoms with Gasteiger partial charge in [-0.15, -0.1) is 12.4 Å². The van der Waals surface area contributed by atoms with Crippen molar-refractivity contribution >= 4 is 24.6 Å². The fraction of sp³-hybridized carbons (Fsp3) is 0.250. The number of benzene rings is 3. The summed E-state index contributed by atoms with van der Waals surface area (Å²) in [6.45, 7) is 3.73. The molecule has 0 aromatic heterocycles. The van der Waals surface area contributed by atoms with Gasteiger partial charge in [0.2, 0.25) is 0 Å². The second kappa shape index (κ2) is 10.1. The first-order valence-corrected chi connectivity index (χ1v) is 11.0. The number of likely N-dealkylation sites (tertiary alicyclic amines) is 1. The second-order valence-electron chi connectivity index (χ2n) is 8.58. The van der Waals surface area contributed by atoms with Gasteiger partial charge in [-0.25, -0.2) is 0 Å². The van der Waals surface area contributed by atoms with E-state index in [1.165, 1.54) is 16.7 Å². The molecule has 2 heterocycles. The summed E-state index contributed by atoms with van der Waals surface area (Å²) < 4.78 is 11.2. The van der Waals surface area contributed by atoms with Crippen LogP contribution in [0, 0.1) is 17.2 Å². The molecule has 0 spiro atoms. The van der Waals surface area contributed by atoms with Gasteiger partial charge in [0.05, 0.1) is 25.3 Å². The van der Waals surface area contributed by atoms with Crippen molar-refractivity contribution in [2.24, 2.45) is 5.92 Å². The zero-order valence-electron chi connectivity index (χ0n) is 18.6. The Morgan fingerprint density at radius 2 is 1.70 bits per heavy atom. The van der Waals surface area contributed by atoms with Crippen LogP contribution < -0.4 is 9.47 Å². The van der Waals surface area contributed by atoms with E-state index >= 15 is 0 Å². The summed E-state index contributed by atoms with van der Waals surface area (Å²) in [6, 6.07) is 24.9. The first kappa shape index (κ1) is 22.9. The van der Waals surface area contributed by atoms with Crippen LogP contribution in [-0.2, 0) is 6.54 Å². The summed E-state index contributed by atoms with van der Waals surface area (Å²) in [5.74, 6) is 2.75. The van der Waals surface area contributed by atoms with Crippen molar-refractivity contribution in [1.82, 2.24) is 4.90 Å². The normalized spacial score (nSPS) is 19.2. The molecular weight excluding hydrogens is 432 g/mol. The van der Waals surface area contributed by atoms with E-state index in [1.54, 1.807) is 7.11 Å². The number of rotatable bonds is 5. The Kier molecular flexibility index (Phi) is 7.03. The van der Waals surface area contributed by atoms with Crippen molar-refractivity contribution in [2.45, 2.75) is 12.5 Å². The Morgan fingerprint density at radius 3 is 2.36 bits per heavy atom. The third-order valence-electron chi connectivity index (χ3n) is 6.48. The molecule has 0 saturated carbocycles. The summed E-state index contributed by atoms with van der Waals surface area (Å²) in [6.07, 6.45) is 4.25. The molecule has 2 aliphatic heterocycles. The summed E-state index contributed by atoms with van der Waals surface area (Å²) >= 11 is 0. The van der Waals surface area contributed by atoms with Crippen molar-refractivity contribution in [3.63, 3.8) is 0 Å². The molecule has 1 saturated heterocycles. The van der Waals surface area contributed by atoms with E-state index in [1.807, 2.05) is 30.3 Å². The summed E-state index contributed by atoms with van der Waals surface area (Å²) in [7, 11) is 1.68. The van der Waals surface area contributed by atoms with Crippen molar-refractivity contribution in [1.29, 1.82) is 5.26 Å². The van der Waals surface area contributed by atoms with Crippen LogP contribution in [0.4, 0.5) is 0 Å². The molecule has 5 rings (SSSR count). The molecule has 0 unspecified atom stereocenters. The molecule has 33 heavy (non-hydrogen) atoms. The molecule has 4 nitrogen and oxygen atoms in total. The van der Waals surface area contributed by atoms with Gasteiger partial charge in [0, 0.05) is 37.0 Å². The highest BCUT2D eigenvalue weighted by Crippen LogP contribution is 2.42. The second-order valence-corrected chi connectivity index (χ2v) is 8.58. The van der Waals surface area contributed by atoms with E-state index in [4.69, 9.17) is 9.47 Å². The lowest BCUT2D eigenvalue weighted by Gasteiger charge is -2.27. The smallest absolute Gasteiger partial charge is 0.122 e. The lowest BCUT2D eigenvalue weighted by atomic mass is 9.86. The molecule has 5 heteroatoms. The van der Waals surface area contributed by atoms with Gasteiger partial charge in [-0.2, -0.15) is 5.26 Å². The third kappa shape index (κ3) is 5.06. The number of nitriles is 1. The Balaban J connectivity index is 0.00000259. The first-order chi connectivity index (χ1) is 15.7. The van der Waals surface area contributed by atoms with Crippen molar-refractivity contribution < 1.29 is 9.47 Å². The van der Waals surface area contributed by atoms with Crippen molar-refractivity contribution in [3.8, 4) is 17.6 Å². The maximum atomic E-state index is 9.26. The minimum absolute atomic E-state index is 0. The number of ether oxygens (including phenoxy) is 2. The van der Waals surface area contributed by atoms with Gasteiger partial charge in [-0.1, -0.05) is 48.6 Å².